The Bertz CT molecular complexity index is 647. The van der Waals surface area contributed by atoms with Gasteiger partial charge in [0.2, 0.25) is 0 Å². The zero-order valence-corrected chi connectivity index (χ0v) is 10.2. The summed E-state index contributed by atoms with van der Waals surface area (Å²) in [5, 5.41) is 5.21. The highest BCUT2D eigenvalue weighted by Crippen LogP contribution is 2.18. The van der Waals surface area contributed by atoms with E-state index in [-0.39, 0.29) is 4.87 Å². The topological polar surface area (TPSA) is 81.6 Å². The Balaban J connectivity index is 2.12. The number of hydrogen-bond donors (Lipinski definition) is 1. The van der Waals surface area contributed by atoms with Gasteiger partial charge in [0.05, 0.1) is 5.69 Å². The lowest BCUT2D eigenvalue weighted by molar-refractivity contribution is 1.22. The van der Waals surface area contributed by atoms with E-state index in [1.165, 1.54) is 0 Å². The smallest absolute Gasteiger partial charge is 0.304 e. The van der Waals surface area contributed by atoms with Crippen molar-refractivity contribution in [2.45, 2.75) is 0 Å². The molecule has 0 saturated carbocycles. The number of H-pyrrole nitrogens is 1. The summed E-state index contributed by atoms with van der Waals surface area (Å²) in [5.74, 6) is 0. The largest absolute Gasteiger partial charge is 0.312 e. The lowest BCUT2D eigenvalue weighted by Crippen LogP contribution is -1.92. The van der Waals surface area contributed by atoms with Gasteiger partial charge in [-0.05, 0) is 16.7 Å². The molecular formula is C12H10N4OS. The van der Waals surface area contributed by atoms with E-state index in [1.807, 2.05) is 30.3 Å². The van der Waals surface area contributed by atoms with Crippen LogP contribution in [0.25, 0.3) is 27.8 Å². The third-order valence-electron chi connectivity index (χ3n) is 2.30. The van der Waals surface area contributed by atoms with Crippen LogP contribution in [0.1, 0.15) is 5.56 Å². The van der Waals surface area contributed by atoms with Gasteiger partial charge in [-0.1, -0.05) is 52.9 Å². The van der Waals surface area contributed by atoms with Gasteiger partial charge in [0.1, 0.15) is 0 Å². The van der Waals surface area contributed by atoms with E-state index in [0.717, 1.165) is 28.2 Å². The van der Waals surface area contributed by atoms with E-state index >= 15 is 0 Å². The summed E-state index contributed by atoms with van der Waals surface area (Å²) in [4.78, 5) is 16.4. The van der Waals surface area contributed by atoms with Gasteiger partial charge in [0.25, 0.3) is 0 Å². The molecule has 0 unspecified atom stereocenters. The highest BCUT2D eigenvalue weighted by molar-refractivity contribution is 7.07. The normalized spacial score (nSPS) is 10.4. The molecule has 90 valence electrons. The molecule has 0 radical (unpaired) electrons. The van der Waals surface area contributed by atoms with Crippen molar-refractivity contribution < 1.29 is 0 Å². The number of aromatic amines is 1. The Morgan fingerprint density at radius 1 is 1.39 bits per heavy atom. The highest BCUT2D eigenvalue weighted by atomic mass is 32.1. The number of thiazole rings is 1. The van der Waals surface area contributed by atoms with Gasteiger partial charge in [-0.15, -0.1) is 0 Å². The lowest BCUT2D eigenvalue weighted by Gasteiger charge is -1.98. The molecule has 0 aliphatic heterocycles. The molecule has 5 nitrogen and oxygen atoms in total. The molecule has 6 heteroatoms. The molecule has 0 atom stereocenters. The number of azide groups is 1. The number of hydrogen-bond acceptors (Lipinski definition) is 3. The predicted octanol–water partition coefficient (Wildman–Crippen LogP) is 3.43. The molecule has 0 spiro atoms. The first kappa shape index (κ1) is 12.2. The Kier molecular flexibility index (Phi) is 3.96. The van der Waals surface area contributed by atoms with Crippen LogP contribution >= 0.6 is 11.3 Å². The van der Waals surface area contributed by atoms with E-state index in [1.54, 1.807) is 11.5 Å². The second-order valence-corrected chi connectivity index (χ2v) is 4.34. The zero-order valence-electron chi connectivity index (χ0n) is 9.41. The Morgan fingerprint density at radius 3 is 2.78 bits per heavy atom. The van der Waals surface area contributed by atoms with Crippen LogP contribution in [0, 0.1) is 0 Å². The summed E-state index contributed by atoms with van der Waals surface area (Å²) in [7, 11) is 0. The minimum absolute atomic E-state index is 0.0525. The first-order chi connectivity index (χ1) is 8.79. The molecule has 2 aromatic rings. The van der Waals surface area contributed by atoms with Crippen LogP contribution in [0.3, 0.4) is 0 Å². The van der Waals surface area contributed by atoms with E-state index in [2.05, 4.69) is 15.0 Å². The number of benzene rings is 1. The van der Waals surface area contributed by atoms with E-state index in [0.29, 0.717) is 6.54 Å². The maximum Gasteiger partial charge on any atom is 0.304 e. The van der Waals surface area contributed by atoms with Crippen molar-refractivity contribution in [1.29, 1.82) is 0 Å². The second-order valence-electron chi connectivity index (χ2n) is 3.50. The summed E-state index contributed by atoms with van der Waals surface area (Å²) < 4.78 is 0. The zero-order chi connectivity index (χ0) is 12.8. The number of nitrogens with one attached hydrogen (secondary N) is 1. The number of aromatic nitrogens is 1. The van der Waals surface area contributed by atoms with Crippen molar-refractivity contribution in [2.75, 3.05) is 6.54 Å². The van der Waals surface area contributed by atoms with E-state index in [4.69, 9.17) is 5.53 Å². The first-order valence-corrected chi connectivity index (χ1v) is 6.13. The third kappa shape index (κ3) is 3.10. The number of rotatable bonds is 4. The minimum atomic E-state index is -0.0525. The van der Waals surface area contributed by atoms with Crippen molar-refractivity contribution in [3.05, 3.63) is 61.4 Å². The minimum Gasteiger partial charge on any atom is -0.312 e. The van der Waals surface area contributed by atoms with Gasteiger partial charge in [0.15, 0.2) is 0 Å². The Morgan fingerprint density at radius 2 is 2.17 bits per heavy atom. The first-order valence-electron chi connectivity index (χ1n) is 5.25. The highest BCUT2D eigenvalue weighted by Gasteiger charge is 1.99. The molecule has 0 bridgehead atoms. The van der Waals surface area contributed by atoms with Crippen LogP contribution in [0.2, 0.25) is 0 Å². The van der Waals surface area contributed by atoms with Crippen LogP contribution in [0.4, 0.5) is 0 Å². The quantitative estimate of drug-likeness (QED) is 0.508. The molecule has 1 aromatic carbocycles. The number of nitrogens with zero attached hydrogens (tertiary/aromatic N) is 3. The van der Waals surface area contributed by atoms with Crippen LogP contribution < -0.4 is 4.87 Å². The monoisotopic (exact) mass is 258 g/mol. The van der Waals surface area contributed by atoms with E-state index < -0.39 is 0 Å². The molecule has 1 heterocycles. The van der Waals surface area contributed by atoms with Gasteiger partial charge in [-0.3, -0.25) is 4.79 Å². The van der Waals surface area contributed by atoms with Crippen molar-refractivity contribution in [2.24, 2.45) is 5.11 Å². The van der Waals surface area contributed by atoms with Gasteiger partial charge in [0, 0.05) is 16.8 Å². The predicted molar refractivity (Wildman–Crippen MR) is 73.4 cm³/mol. The SMILES string of the molecule is [N-]=[N+]=NCC=Cc1ccc(-c2csc(=O)[nH]2)cc1. The fourth-order valence-electron chi connectivity index (χ4n) is 1.47. The fraction of sp³-hybridized carbons (Fsp3) is 0.0833. The Labute approximate surface area is 107 Å². The molecule has 1 N–H and O–H groups in total. The molecule has 1 aromatic heterocycles. The summed E-state index contributed by atoms with van der Waals surface area (Å²) in [6.07, 6.45) is 3.68. The second kappa shape index (κ2) is 5.86. The standard InChI is InChI=1S/C12H10N4OS/c13-16-14-7-1-2-9-3-5-10(6-4-9)11-8-18-12(17)15-11/h1-6,8H,7H2,(H,15,17). The lowest BCUT2D eigenvalue weighted by atomic mass is 10.1. The van der Waals surface area contributed by atoms with E-state index in [9.17, 15) is 4.79 Å². The van der Waals surface area contributed by atoms with Crippen molar-refractivity contribution in [3.63, 3.8) is 0 Å². The maximum atomic E-state index is 11.0. The average molecular weight is 258 g/mol. The van der Waals surface area contributed by atoms with Crippen molar-refractivity contribution in [3.8, 4) is 11.3 Å². The van der Waals surface area contributed by atoms with Crippen LogP contribution in [0.5, 0.6) is 0 Å². The fourth-order valence-corrected chi connectivity index (χ4v) is 2.06. The molecule has 0 fully saturated rings. The third-order valence-corrected chi connectivity index (χ3v) is 2.97. The van der Waals surface area contributed by atoms with Gasteiger partial charge >= 0.3 is 4.87 Å². The van der Waals surface area contributed by atoms with Gasteiger partial charge < -0.3 is 4.98 Å². The van der Waals surface area contributed by atoms with Crippen LogP contribution in [-0.4, -0.2) is 11.5 Å². The molecular weight excluding hydrogens is 248 g/mol. The summed E-state index contributed by atoms with van der Waals surface area (Å²) in [5.41, 5.74) is 10.9. The summed E-state index contributed by atoms with van der Waals surface area (Å²) >= 11 is 1.15. The summed E-state index contributed by atoms with van der Waals surface area (Å²) in [6.45, 7) is 0.343. The molecule has 0 aliphatic rings. The maximum absolute atomic E-state index is 11.0. The molecule has 0 aliphatic carbocycles. The van der Waals surface area contributed by atoms with Crippen LogP contribution in [0.15, 0.2) is 45.6 Å². The molecule has 0 amide bonds. The van der Waals surface area contributed by atoms with Crippen molar-refractivity contribution >= 4 is 17.4 Å². The molecule has 0 saturated heterocycles. The Hall–Kier alpha value is -2.30. The van der Waals surface area contributed by atoms with Crippen LogP contribution in [-0.2, 0) is 0 Å². The molecule has 2 rings (SSSR count). The van der Waals surface area contributed by atoms with Gasteiger partial charge in [-0.2, -0.15) is 0 Å². The summed E-state index contributed by atoms with van der Waals surface area (Å²) in [6, 6.07) is 7.76. The van der Waals surface area contributed by atoms with Crippen molar-refractivity contribution in [1.82, 2.24) is 4.98 Å². The van der Waals surface area contributed by atoms with Gasteiger partial charge in [-0.25, -0.2) is 0 Å². The average Bonchev–Trinajstić information content (AvgIpc) is 2.82. The molecule has 18 heavy (non-hydrogen) atoms.